The van der Waals surface area contributed by atoms with Crippen molar-refractivity contribution < 1.29 is 13.6 Å². The van der Waals surface area contributed by atoms with Crippen LogP contribution in [-0.2, 0) is 0 Å². The maximum atomic E-state index is 13.0. The van der Waals surface area contributed by atoms with Crippen molar-refractivity contribution >= 4 is 5.78 Å². The van der Waals surface area contributed by atoms with Crippen LogP contribution in [0.3, 0.4) is 0 Å². The third-order valence-corrected chi connectivity index (χ3v) is 1.72. The van der Waals surface area contributed by atoms with Crippen molar-refractivity contribution in [3.63, 3.8) is 0 Å². The highest BCUT2D eigenvalue weighted by molar-refractivity contribution is 5.97. The van der Waals surface area contributed by atoms with E-state index in [2.05, 4.69) is 0 Å². The van der Waals surface area contributed by atoms with Gasteiger partial charge >= 0.3 is 0 Å². The first-order valence-corrected chi connectivity index (χ1v) is 4.01. The minimum atomic E-state index is -0.793. The summed E-state index contributed by atoms with van der Waals surface area (Å²) in [5.74, 6) is -2.05. The second-order valence-electron chi connectivity index (χ2n) is 3.14. The van der Waals surface area contributed by atoms with Gasteiger partial charge in [0.2, 0.25) is 0 Å². The maximum absolute atomic E-state index is 13.0. The largest absolute Gasteiger partial charge is 0.294 e. The number of halogens is 2. The van der Waals surface area contributed by atoms with Gasteiger partial charge in [0.25, 0.3) is 0 Å². The van der Waals surface area contributed by atoms with Gasteiger partial charge in [-0.15, -0.1) is 0 Å². The van der Waals surface area contributed by atoms with Gasteiger partial charge in [-0.1, -0.05) is 13.8 Å². The average Bonchev–Trinajstić information content (AvgIpc) is 2.03. The predicted molar refractivity (Wildman–Crippen MR) is 45.5 cm³/mol. The van der Waals surface area contributed by atoms with E-state index >= 15 is 0 Å². The fraction of sp³-hybridized carbons (Fsp3) is 0.300. The molecule has 0 aliphatic rings. The fourth-order valence-electron chi connectivity index (χ4n) is 1.00. The average molecular weight is 184 g/mol. The molecule has 1 aromatic carbocycles. The van der Waals surface area contributed by atoms with Gasteiger partial charge in [0.05, 0.1) is 5.56 Å². The quantitative estimate of drug-likeness (QED) is 0.646. The number of benzene rings is 1. The summed E-state index contributed by atoms with van der Waals surface area (Å²) in [4.78, 5) is 11.3. The summed E-state index contributed by atoms with van der Waals surface area (Å²) in [6.07, 6.45) is 0. The van der Waals surface area contributed by atoms with E-state index in [4.69, 9.17) is 0 Å². The lowest BCUT2D eigenvalue weighted by Gasteiger charge is -2.04. The summed E-state index contributed by atoms with van der Waals surface area (Å²) in [5, 5.41) is 0. The Hall–Kier alpha value is -1.25. The third kappa shape index (κ3) is 2.11. The first-order valence-electron chi connectivity index (χ1n) is 4.01. The van der Waals surface area contributed by atoms with Crippen molar-refractivity contribution in [1.29, 1.82) is 0 Å². The van der Waals surface area contributed by atoms with Gasteiger partial charge in [-0.25, -0.2) is 8.78 Å². The van der Waals surface area contributed by atoms with E-state index in [1.165, 1.54) is 6.07 Å². The number of hydrogen-bond acceptors (Lipinski definition) is 1. The highest BCUT2D eigenvalue weighted by Gasteiger charge is 2.15. The second kappa shape index (κ2) is 3.64. The van der Waals surface area contributed by atoms with E-state index < -0.39 is 11.6 Å². The summed E-state index contributed by atoms with van der Waals surface area (Å²) in [5.41, 5.74) is -0.0450. The Morgan fingerprint density at radius 3 is 2.38 bits per heavy atom. The van der Waals surface area contributed by atoms with E-state index in [0.29, 0.717) is 0 Å². The molecule has 70 valence electrons. The Kier molecular flexibility index (Phi) is 2.76. The van der Waals surface area contributed by atoms with Crippen LogP contribution in [0.1, 0.15) is 24.2 Å². The van der Waals surface area contributed by atoms with Crippen LogP contribution >= 0.6 is 0 Å². The molecule has 0 saturated heterocycles. The van der Waals surface area contributed by atoms with Crippen molar-refractivity contribution in [2.75, 3.05) is 0 Å². The number of rotatable bonds is 2. The minimum absolute atomic E-state index is 0.0450. The first kappa shape index (κ1) is 9.84. The SMILES string of the molecule is CC(C)C(=O)c1ccc(F)cc1F. The smallest absolute Gasteiger partial charge is 0.168 e. The van der Waals surface area contributed by atoms with E-state index in [1.54, 1.807) is 13.8 Å². The lowest BCUT2D eigenvalue weighted by atomic mass is 10.0. The van der Waals surface area contributed by atoms with Gasteiger partial charge in [0.1, 0.15) is 11.6 Å². The first-order chi connectivity index (χ1) is 6.02. The van der Waals surface area contributed by atoms with Crippen LogP contribution in [-0.4, -0.2) is 5.78 Å². The molecule has 0 bridgehead atoms. The van der Waals surface area contributed by atoms with E-state index in [1.807, 2.05) is 0 Å². The number of Topliss-reactive ketones (excluding diaryl/α,β-unsaturated/α-hetero) is 1. The molecule has 0 heterocycles. The number of carbonyl (C=O) groups excluding carboxylic acids is 1. The summed E-state index contributed by atoms with van der Waals surface area (Å²) in [7, 11) is 0. The van der Waals surface area contributed by atoms with E-state index in [-0.39, 0.29) is 17.3 Å². The lowest BCUT2D eigenvalue weighted by Crippen LogP contribution is -2.09. The van der Waals surface area contributed by atoms with Crippen molar-refractivity contribution in [2.24, 2.45) is 5.92 Å². The number of ketones is 1. The van der Waals surface area contributed by atoms with Crippen LogP contribution < -0.4 is 0 Å². The van der Waals surface area contributed by atoms with Gasteiger partial charge in [0.15, 0.2) is 5.78 Å². The Morgan fingerprint density at radius 2 is 1.92 bits per heavy atom. The van der Waals surface area contributed by atoms with Gasteiger partial charge in [-0.2, -0.15) is 0 Å². The molecular formula is C10H10F2O. The van der Waals surface area contributed by atoms with Gasteiger partial charge in [0, 0.05) is 12.0 Å². The molecule has 3 heteroatoms. The topological polar surface area (TPSA) is 17.1 Å². The lowest BCUT2D eigenvalue weighted by molar-refractivity contribution is 0.0935. The van der Waals surface area contributed by atoms with Crippen molar-refractivity contribution in [2.45, 2.75) is 13.8 Å². The molecular weight excluding hydrogens is 174 g/mol. The Morgan fingerprint density at radius 1 is 1.31 bits per heavy atom. The molecule has 13 heavy (non-hydrogen) atoms. The molecule has 0 unspecified atom stereocenters. The van der Waals surface area contributed by atoms with Crippen molar-refractivity contribution in [1.82, 2.24) is 0 Å². The Balaban J connectivity index is 3.09. The fourth-order valence-corrected chi connectivity index (χ4v) is 1.00. The normalized spacial score (nSPS) is 10.5. The molecule has 0 amide bonds. The summed E-state index contributed by atoms with van der Waals surface area (Å²) >= 11 is 0. The molecule has 0 saturated carbocycles. The summed E-state index contributed by atoms with van der Waals surface area (Å²) in [6.45, 7) is 3.34. The molecule has 0 N–H and O–H groups in total. The summed E-state index contributed by atoms with van der Waals surface area (Å²) < 4.78 is 25.5. The van der Waals surface area contributed by atoms with E-state index in [0.717, 1.165) is 12.1 Å². The minimum Gasteiger partial charge on any atom is -0.294 e. The number of hydrogen-bond donors (Lipinski definition) is 0. The standard InChI is InChI=1S/C10H10F2O/c1-6(2)10(13)8-4-3-7(11)5-9(8)12/h3-6H,1-2H3. The molecule has 0 radical (unpaired) electrons. The summed E-state index contributed by atoms with van der Waals surface area (Å²) in [6, 6.07) is 2.97. The van der Waals surface area contributed by atoms with Crippen LogP contribution in [0.4, 0.5) is 8.78 Å². The van der Waals surface area contributed by atoms with Crippen molar-refractivity contribution in [3.05, 3.63) is 35.4 Å². The Bertz CT molecular complexity index is 332. The zero-order valence-corrected chi connectivity index (χ0v) is 7.47. The molecule has 1 rings (SSSR count). The predicted octanol–water partition coefficient (Wildman–Crippen LogP) is 2.80. The van der Waals surface area contributed by atoms with Crippen molar-refractivity contribution in [3.8, 4) is 0 Å². The van der Waals surface area contributed by atoms with Gasteiger partial charge < -0.3 is 0 Å². The van der Waals surface area contributed by atoms with Crippen LogP contribution in [0.25, 0.3) is 0 Å². The molecule has 0 aliphatic heterocycles. The van der Waals surface area contributed by atoms with Gasteiger partial charge in [-0.3, -0.25) is 4.79 Å². The van der Waals surface area contributed by atoms with Crippen LogP contribution in [0, 0.1) is 17.6 Å². The van der Waals surface area contributed by atoms with E-state index in [9.17, 15) is 13.6 Å². The van der Waals surface area contributed by atoms with Gasteiger partial charge in [-0.05, 0) is 12.1 Å². The molecule has 0 aromatic heterocycles. The molecule has 0 aliphatic carbocycles. The monoisotopic (exact) mass is 184 g/mol. The highest BCUT2D eigenvalue weighted by atomic mass is 19.1. The molecule has 1 nitrogen and oxygen atoms in total. The van der Waals surface area contributed by atoms with Crippen LogP contribution in [0.2, 0.25) is 0 Å². The number of carbonyl (C=O) groups is 1. The molecule has 1 aromatic rings. The molecule has 0 atom stereocenters. The zero-order valence-electron chi connectivity index (χ0n) is 7.47. The second-order valence-corrected chi connectivity index (χ2v) is 3.14. The van der Waals surface area contributed by atoms with Crippen LogP contribution in [0.15, 0.2) is 18.2 Å². The molecule has 0 fully saturated rings. The van der Waals surface area contributed by atoms with Crippen LogP contribution in [0.5, 0.6) is 0 Å². The third-order valence-electron chi connectivity index (χ3n) is 1.72. The highest BCUT2D eigenvalue weighted by Crippen LogP contribution is 2.13. The molecule has 0 spiro atoms. The zero-order chi connectivity index (χ0) is 10.0. The Labute approximate surface area is 75.4 Å². The maximum Gasteiger partial charge on any atom is 0.168 e.